The number of hydrogen-bond donors (Lipinski definition) is 1. The summed E-state index contributed by atoms with van der Waals surface area (Å²) in [4.78, 5) is 14.3. The highest BCUT2D eigenvalue weighted by molar-refractivity contribution is 5.67. The van der Waals surface area contributed by atoms with E-state index in [4.69, 9.17) is 4.74 Å². The van der Waals surface area contributed by atoms with Crippen LogP contribution in [0.25, 0.3) is 0 Å². The zero-order chi connectivity index (χ0) is 20.6. The average molecular weight is 398 g/mol. The third-order valence-corrected chi connectivity index (χ3v) is 6.89. The van der Waals surface area contributed by atoms with Gasteiger partial charge >= 0.3 is 6.09 Å². The molecule has 4 rings (SSSR count). The van der Waals surface area contributed by atoms with Crippen LogP contribution in [-0.4, -0.2) is 39.0 Å². The summed E-state index contributed by atoms with van der Waals surface area (Å²) in [6, 6.07) is 9.98. The molecule has 0 radical (unpaired) electrons. The fraction of sp³-hybridized carbons (Fsp3) is 0.565. The lowest BCUT2D eigenvalue weighted by atomic mass is 9.60. The third kappa shape index (κ3) is 3.66. The van der Waals surface area contributed by atoms with Crippen LogP contribution in [-0.2, 0) is 17.8 Å². The topological polar surface area (TPSA) is 67.6 Å². The predicted octanol–water partition coefficient (Wildman–Crippen LogP) is 4.11. The zero-order valence-corrected chi connectivity index (χ0v) is 17.5. The average Bonchev–Trinajstić information content (AvgIpc) is 3.15. The molecule has 1 aliphatic heterocycles. The van der Waals surface area contributed by atoms with Gasteiger partial charge in [0, 0.05) is 19.1 Å². The first-order chi connectivity index (χ1) is 13.9. The van der Waals surface area contributed by atoms with Gasteiger partial charge < -0.3 is 14.7 Å². The number of hydrogen-bond acceptors (Lipinski definition) is 4. The van der Waals surface area contributed by atoms with E-state index in [1.54, 1.807) is 4.90 Å². The summed E-state index contributed by atoms with van der Waals surface area (Å²) in [6.45, 7) is 7.96. The Bertz CT molecular complexity index is 854. The number of likely N-dealkylation sites (tertiary alicyclic amines) is 1. The van der Waals surface area contributed by atoms with Crippen LogP contribution in [0.3, 0.4) is 0 Å². The fourth-order valence-electron chi connectivity index (χ4n) is 4.97. The SMILES string of the molecule is CC(C)n1ncc2c1C(O)C(C)C1(CCN(C(=O)OCc3ccccc3)CC1)C2. The van der Waals surface area contributed by atoms with Crippen LogP contribution in [0.4, 0.5) is 4.79 Å². The number of aliphatic hydroxyl groups excluding tert-OH is 1. The van der Waals surface area contributed by atoms with E-state index in [2.05, 4.69) is 25.9 Å². The van der Waals surface area contributed by atoms with Crippen molar-refractivity contribution in [3.8, 4) is 0 Å². The first-order valence-corrected chi connectivity index (χ1v) is 10.6. The molecule has 1 N–H and O–H groups in total. The van der Waals surface area contributed by atoms with Crippen LogP contribution in [0.2, 0.25) is 0 Å². The monoisotopic (exact) mass is 397 g/mol. The summed E-state index contributed by atoms with van der Waals surface area (Å²) < 4.78 is 7.46. The maximum Gasteiger partial charge on any atom is 0.410 e. The molecule has 1 aromatic carbocycles. The Morgan fingerprint density at radius 1 is 1.28 bits per heavy atom. The number of nitrogens with zero attached hydrogens (tertiary/aromatic N) is 3. The number of benzene rings is 1. The van der Waals surface area contributed by atoms with E-state index < -0.39 is 6.10 Å². The number of ether oxygens (including phenoxy) is 1. The van der Waals surface area contributed by atoms with Crippen LogP contribution < -0.4 is 0 Å². The first-order valence-electron chi connectivity index (χ1n) is 10.6. The molecule has 29 heavy (non-hydrogen) atoms. The van der Waals surface area contributed by atoms with E-state index in [1.807, 2.05) is 41.2 Å². The maximum absolute atomic E-state index is 12.5. The van der Waals surface area contributed by atoms with Crippen molar-refractivity contribution in [3.05, 3.63) is 53.3 Å². The summed E-state index contributed by atoms with van der Waals surface area (Å²) in [5.41, 5.74) is 3.13. The van der Waals surface area contributed by atoms with Crippen molar-refractivity contribution in [2.24, 2.45) is 11.3 Å². The molecular formula is C23H31N3O3. The second kappa shape index (κ2) is 7.82. The number of aliphatic hydroxyl groups is 1. The van der Waals surface area contributed by atoms with Crippen molar-refractivity contribution in [2.45, 2.75) is 58.8 Å². The Labute approximate surface area is 172 Å². The van der Waals surface area contributed by atoms with Gasteiger partial charge in [-0.1, -0.05) is 37.3 Å². The number of aromatic nitrogens is 2. The summed E-state index contributed by atoms with van der Waals surface area (Å²) in [5, 5.41) is 15.6. The molecule has 6 nitrogen and oxygen atoms in total. The molecule has 1 amide bonds. The van der Waals surface area contributed by atoms with E-state index in [1.165, 1.54) is 0 Å². The van der Waals surface area contributed by atoms with Gasteiger partial charge in [0.1, 0.15) is 6.61 Å². The number of piperidine rings is 1. The lowest BCUT2D eigenvalue weighted by Gasteiger charge is -2.49. The van der Waals surface area contributed by atoms with Crippen molar-refractivity contribution in [3.63, 3.8) is 0 Å². The normalized spacial score (nSPS) is 23.3. The zero-order valence-electron chi connectivity index (χ0n) is 17.5. The molecule has 2 aromatic rings. The molecule has 156 valence electrons. The van der Waals surface area contributed by atoms with Crippen molar-refractivity contribution in [1.29, 1.82) is 0 Å². The Morgan fingerprint density at radius 3 is 2.62 bits per heavy atom. The summed E-state index contributed by atoms with van der Waals surface area (Å²) in [5.74, 6) is 0.131. The maximum atomic E-state index is 12.5. The number of fused-ring (bicyclic) bond motifs is 1. The molecule has 1 aliphatic carbocycles. The molecule has 0 saturated carbocycles. The number of rotatable bonds is 3. The van der Waals surface area contributed by atoms with Gasteiger partial charge in [0.25, 0.3) is 0 Å². The van der Waals surface area contributed by atoms with E-state index in [9.17, 15) is 9.90 Å². The van der Waals surface area contributed by atoms with Crippen LogP contribution >= 0.6 is 0 Å². The molecule has 0 bridgehead atoms. The van der Waals surface area contributed by atoms with E-state index >= 15 is 0 Å². The van der Waals surface area contributed by atoms with Gasteiger partial charge in [-0.25, -0.2) is 4.79 Å². The lowest BCUT2D eigenvalue weighted by molar-refractivity contribution is -0.0327. The molecule has 2 heterocycles. The Hall–Kier alpha value is -2.34. The molecular weight excluding hydrogens is 366 g/mol. The number of amides is 1. The lowest BCUT2D eigenvalue weighted by Crippen LogP contribution is -2.49. The van der Waals surface area contributed by atoms with Crippen molar-refractivity contribution in [1.82, 2.24) is 14.7 Å². The van der Waals surface area contributed by atoms with Gasteiger partial charge in [-0.2, -0.15) is 5.10 Å². The van der Waals surface area contributed by atoms with Gasteiger partial charge in [0.05, 0.1) is 18.0 Å². The van der Waals surface area contributed by atoms with Gasteiger partial charge in [-0.15, -0.1) is 0 Å². The van der Waals surface area contributed by atoms with Crippen LogP contribution in [0.1, 0.15) is 62.6 Å². The molecule has 1 spiro atoms. The fourth-order valence-corrected chi connectivity index (χ4v) is 4.97. The quantitative estimate of drug-likeness (QED) is 0.846. The standard InChI is InChI=1S/C23H31N3O3/c1-16(2)26-20-19(14-24-26)13-23(17(3)21(20)27)9-11-25(12-10-23)22(28)29-15-18-7-5-4-6-8-18/h4-8,14,16-17,21,27H,9-13,15H2,1-3H3. The Kier molecular flexibility index (Phi) is 5.38. The molecule has 6 heteroatoms. The van der Waals surface area contributed by atoms with Crippen LogP contribution in [0, 0.1) is 11.3 Å². The van der Waals surface area contributed by atoms with Crippen LogP contribution in [0.5, 0.6) is 0 Å². The predicted molar refractivity (Wildman–Crippen MR) is 110 cm³/mol. The van der Waals surface area contributed by atoms with Gasteiger partial charge in [0.15, 0.2) is 0 Å². The minimum Gasteiger partial charge on any atom is -0.445 e. The highest BCUT2D eigenvalue weighted by Gasteiger charge is 2.48. The molecule has 1 fully saturated rings. The van der Waals surface area contributed by atoms with Crippen molar-refractivity contribution < 1.29 is 14.6 Å². The first kappa shape index (κ1) is 20.0. The highest BCUT2D eigenvalue weighted by atomic mass is 16.6. The third-order valence-electron chi connectivity index (χ3n) is 6.89. The molecule has 2 atom stereocenters. The highest BCUT2D eigenvalue weighted by Crippen LogP contribution is 2.51. The number of carbonyl (C=O) groups is 1. The molecule has 2 aliphatic rings. The second-order valence-corrected chi connectivity index (χ2v) is 8.89. The van der Waals surface area contributed by atoms with E-state index in [0.717, 1.165) is 36.1 Å². The largest absolute Gasteiger partial charge is 0.445 e. The van der Waals surface area contributed by atoms with Gasteiger partial charge in [-0.05, 0) is 55.6 Å². The minimum atomic E-state index is -0.514. The van der Waals surface area contributed by atoms with Gasteiger partial charge in [0.2, 0.25) is 0 Å². The second-order valence-electron chi connectivity index (χ2n) is 8.89. The van der Waals surface area contributed by atoms with Crippen molar-refractivity contribution in [2.75, 3.05) is 13.1 Å². The Morgan fingerprint density at radius 2 is 1.97 bits per heavy atom. The van der Waals surface area contributed by atoms with E-state index in [-0.39, 0.29) is 23.5 Å². The van der Waals surface area contributed by atoms with Gasteiger partial charge in [-0.3, -0.25) is 4.68 Å². The van der Waals surface area contributed by atoms with Crippen molar-refractivity contribution >= 4 is 6.09 Å². The summed E-state index contributed by atoms with van der Waals surface area (Å²) >= 11 is 0. The summed E-state index contributed by atoms with van der Waals surface area (Å²) in [6.07, 6.45) is 3.82. The van der Waals surface area contributed by atoms with E-state index in [0.29, 0.717) is 19.7 Å². The Balaban J connectivity index is 1.41. The minimum absolute atomic E-state index is 0.00741. The molecule has 1 saturated heterocycles. The number of carbonyl (C=O) groups excluding carboxylic acids is 1. The molecule has 1 aromatic heterocycles. The summed E-state index contributed by atoms with van der Waals surface area (Å²) in [7, 11) is 0. The van der Waals surface area contributed by atoms with Crippen LogP contribution in [0.15, 0.2) is 36.5 Å². The smallest absolute Gasteiger partial charge is 0.410 e. The molecule has 2 unspecified atom stereocenters.